The predicted molar refractivity (Wildman–Crippen MR) is 97.4 cm³/mol. The standard InChI is InChI=1S/C16H15Cl2N3OS/c1-9-10(5-6-19-14-7-13(18)20-8-21-14)15-11(17)3-4-12(22-2)16(15)23-9/h3-4,7-8H,5-6H2,1-2H3,(H,19,20,21). The van der Waals surface area contributed by atoms with E-state index in [2.05, 4.69) is 22.2 Å². The van der Waals surface area contributed by atoms with Crippen LogP contribution in [0.15, 0.2) is 24.5 Å². The van der Waals surface area contributed by atoms with Crippen molar-refractivity contribution in [2.75, 3.05) is 19.0 Å². The molecule has 0 fully saturated rings. The molecule has 0 aliphatic rings. The Morgan fingerprint density at radius 1 is 1.26 bits per heavy atom. The number of ether oxygens (including phenoxy) is 1. The number of aromatic nitrogens is 2. The molecule has 7 heteroatoms. The summed E-state index contributed by atoms with van der Waals surface area (Å²) in [5.41, 5.74) is 1.24. The first-order chi connectivity index (χ1) is 11.1. The van der Waals surface area contributed by atoms with E-state index >= 15 is 0 Å². The summed E-state index contributed by atoms with van der Waals surface area (Å²) in [6.45, 7) is 2.84. The molecular weight excluding hydrogens is 353 g/mol. The van der Waals surface area contributed by atoms with Gasteiger partial charge in [-0.05, 0) is 31.0 Å². The first-order valence-corrected chi connectivity index (χ1v) is 8.63. The number of hydrogen-bond acceptors (Lipinski definition) is 5. The van der Waals surface area contributed by atoms with Gasteiger partial charge < -0.3 is 10.1 Å². The number of nitrogens with one attached hydrogen (secondary N) is 1. The van der Waals surface area contributed by atoms with Gasteiger partial charge in [0.25, 0.3) is 0 Å². The maximum atomic E-state index is 6.41. The summed E-state index contributed by atoms with van der Waals surface area (Å²) < 4.78 is 6.54. The molecule has 23 heavy (non-hydrogen) atoms. The average molecular weight is 368 g/mol. The third kappa shape index (κ3) is 3.37. The minimum absolute atomic E-state index is 0.424. The lowest BCUT2D eigenvalue weighted by Crippen LogP contribution is -2.06. The highest BCUT2D eigenvalue weighted by molar-refractivity contribution is 7.19. The molecular formula is C16H15Cl2N3OS. The zero-order valence-corrected chi connectivity index (χ0v) is 15.0. The molecule has 0 saturated heterocycles. The van der Waals surface area contributed by atoms with Crippen molar-refractivity contribution in [2.45, 2.75) is 13.3 Å². The molecule has 0 aliphatic heterocycles. The molecule has 0 spiro atoms. The molecule has 4 nitrogen and oxygen atoms in total. The lowest BCUT2D eigenvalue weighted by molar-refractivity contribution is 0.420. The Morgan fingerprint density at radius 3 is 2.83 bits per heavy atom. The second-order valence-electron chi connectivity index (χ2n) is 4.99. The van der Waals surface area contributed by atoms with Crippen molar-refractivity contribution >= 4 is 50.4 Å². The highest BCUT2D eigenvalue weighted by Crippen LogP contribution is 2.41. The van der Waals surface area contributed by atoms with Crippen molar-refractivity contribution < 1.29 is 4.74 Å². The van der Waals surface area contributed by atoms with Crippen molar-refractivity contribution in [3.05, 3.63) is 45.1 Å². The number of anilines is 1. The minimum Gasteiger partial charge on any atom is -0.495 e. The maximum Gasteiger partial charge on any atom is 0.136 e. The fourth-order valence-corrected chi connectivity index (χ4v) is 4.22. The second-order valence-corrected chi connectivity index (χ2v) is 7.01. The van der Waals surface area contributed by atoms with E-state index in [0.29, 0.717) is 11.0 Å². The third-order valence-electron chi connectivity index (χ3n) is 3.59. The zero-order chi connectivity index (χ0) is 16.4. The van der Waals surface area contributed by atoms with E-state index in [-0.39, 0.29) is 0 Å². The van der Waals surface area contributed by atoms with E-state index in [1.54, 1.807) is 24.5 Å². The van der Waals surface area contributed by atoms with Gasteiger partial charge in [0, 0.05) is 27.9 Å². The number of nitrogens with zero attached hydrogens (tertiary/aromatic N) is 2. The summed E-state index contributed by atoms with van der Waals surface area (Å²) in [6.07, 6.45) is 2.28. The number of rotatable bonds is 5. The van der Waals surface area contributed by atoms with Crippen LogP contribution in [-0.2, 0) is 6.42 Å². The fourth-order valence-electron chi connectivity index (χ4n) is 2.52. The van der Waals surface area contributed by atoms with E-state index in [1.807, 2.05) is 12.1 Å². The Hall–Kier alpha value is -1.56. The van der Waals surface area contributed by atoms with Gasteiger partial charge in [-0.15, -0.1) is 11.3 Å². The van der Waals surface area contributed by atoms with Gasteiger partial charge in [0.05, 0.1) is 11.8 Å². The maximum absolute atomic E-state index is 6.41. The first kappa shape index (κ1) is 16.3. The number of methoxy groups -OCH3 is 1. The molecule has 2 heterocycles. The zero-order valence-electron chi connectivity index (χ0n) is 12.7. The molecule has 0 unspecified atom stereocenters. The quantitative estimate of drug-likeness (QED) is 0.646. The van der Waals surface area contributed by atoms with E-state index < -0.39 is 0 Å². The van der Waals surface area contributed by atoms with Crippen LogP contribution in [0.3, 0.4) is 0 Å². The van der Waals surface area contributed by atoms with Crippen LogP contribution >= 0.6 is 34.5 Å². The lowest BCUT2D eigenvalue weighted by Gasteiger charge is -2.07. The highest BCUT2D eigenvalue weighted by Gasteiger charge is 2.15. The summed E-state index contributed by atoms with van der Waals surface area (Å²) in [4.78, 5) is 9.25. The van der Waals surface area contributed by atoms with Gasteiger partial charge >= 0.3 is 0 Å². The average Bonchev–Trinajstić information content (AvgIpc) is 2.86. The number of fused-ring (bicyclic) bond motifs is 1. The number of aryl methyl sites for hydroxylation is 1. The largest absolute Gasteiger partial charge is 0.495 e. The van der Waals surface area contributed by atoms with Crippen LogP contribution in [0, 0.1) is 6.92 Å². The third-order valence-corrected chi connectivity index (χ3v) is 5.27. The lowest BCUT2D eigenvalue weighted by atomic mass is 10.1. The molecule has 120 valence electrons. The number of benzene rings is 1. The smallest absolute Gasteiger partial charge is 0.136 e. The van der Waals surface area contributed by atoms with Crippen LogP contribution in [0.4, 0.5) is 5.82 Å². The molecule has 3 aromatic rings. The van der Waals surface area contributed by atoms with Gasteiger partial charge in [-0.2, -0.15) is 0 Å². The van der Waals surface area contributed by atoms with Crippen molar-refractivity contribution in [2.24, 2.45) is 0 Å². The predicted octanol–water partition coefficient (Wildman–Crippen LogP) is 4.97. The Labute approximate surface area is 148 Å². The molecule has 3 rings (SSSR count). The van der Waals surface area contributed by atoms with Gasteiger partial charge in [-0.25, -0.2) is 9.97 Å². The van der Waals surface area contributed by atoms with Crippen LogP contribution in [0.5, 0.6) is 5.75 Å². The van der Waals surface area contributed by atoms with Gasteiger partial charge in [-0.3, -0.25) is 0 Å². The topological polar surface area (TPSA) is 47.0 Å². The highest BCUT2D eigenvalue weighted by atomic mass is 35.5. The summed E-state index contributed by atoms with van der Waals surface area (Å²) in [5, 5.41) is 5.52. The molecule has 0 saturated carbocycles. The van der Waals surface area contributed by atoms with Gasteiger partial charge in [0.15, 0.2) is 0 Å². The van der Waals surface area contributed by atoms with Crippen LogP contribution in [0.2, 0.25) is 10.2 Å². The molecule has 1 N–H and O–H groups in total. The second kappa shape index (κ2) is 6.91. The van der Waals surface area contributed by atoms with Gasteiger partial charge in [-0.1, -0.05) is 23.2 Å². The summed E-state index contributed by atoms with van der Waals surface area (Å²) in [6, 6.07) is 5.50. The summed E-state index contributed by atoms with van der Waals surface area (Å²) in [5.74, 6) is 1.57. The van der Waals surface area contributed by atoms with E-state index in [9.17, 15) is 0 Å². The Balaban J connectivity index is 1.84. The van der Waals surface area contributed by atoms with Crippen LogP contribution in [-0.4, -0.2) is 23.6 Å². The van der Waals surface area contributed by atoms with Crippen molar-refractivity contribution in [1.82, 2.24) is 9.97 Å². The first-order valence-electron chi connectivity index (χ1n) is 7.06. The van der Waals surface area contributed by atoms with Crippen molar-refractivity contribution in [1.29, 1.82) is 0 Å². The van der Waals surface area contributed by atoms with E-state index in [0.717, 1.165) is 33.8 Å². The SMILES string of the molecule is COc1ccc(Cl)c2c(CCNc3cc(Cl)ncn3)c(C)sc12. The molecule has 2 aromatic heterocycles. The van der Waals surface area contributed by atoms with E-state index in [1.165, 1.54) is 16.8 Å². The summed E-state index contributed by atoms with van der Waals surface area (Å²) in [7, 11) is 1.68. The molecule has 0 atom stereocenters. The van der Waals surface area contributed by atoms with Gasteiger partial charge in [0.1, 0.15) is 23.0 Å². The van der Waals surface area contributed by atoms with Crippen LogP contribution < -0.4 is 10.1 Å². The molecule has 0 bridgehead atoms. The summed E-state index contributed by atoms with van der Waals surface area (Å²) >= 11 is 14.0. The Kier molecular flexibility index (Phi) is 4.90. The Bertz CT molecular complexity index is 851. The van der Waals surface area contributed by atoms with E-state index in [4.69, 9.17) is 27.9 Å². The molecule has 1 aromatic carbocycles. The van der Waals surface area contributed by atoms with Gasteiger partial charge in [0.2, 0.25) is 0 Å². The Morgan fingerprint density at radius 2 is 2.09 bits per heavy atom. The molecule has 0 amide bonds. The van der Waals surface area contributed by atoms with Crippen LogP contribution in [0.25, 0.3) is 10.1 Å². The molecule has 0 radical (unpaired) electrons. The van der Waals surface area contributed by atoms with Crippen molar-refractivity contribution in [3.63, 3.8) is 0 Å². The van der Waals surface area contributed by atoms with Crippen molar-refractivity contribution in [3.8, 4) is 5.75 Å². The monoisotopic (exact) mass is 367 g/mol. The fraction of sp³-hybridized carbons (Fsp3) is 0.250. The van der Waals surface area contributed by atoms with Crippen LogP contribution in [0.1, 0.15) is 10.4 Å². The normalized spacial score (nSPS) is 11.0. The number of hydrogen-bond donors (Lipinski definition) is 1. The molecule has 0 aliphatic carbocycles. The number of halogens is 2. The minimum atomic E-state index is 0.424. The number of thiophene rings is 1.